The molecule has 0 saturated carbocycles. The number of imidazole rings is 1. The summed E-state index contributed by atoms with van der Waals surface area (Å²) in [7, 11) is 0. The first-order valence-corrected chi connectivity index (χ1v) is 10.3. The van der Waals surface area contributed by atoms with E-state index in [1.54, 1.807) is 22.4 Å². The van der Waals surface area contributed by atoms with Gasteiger partial charge in [-0.25, -0.2) is 9.78 Å². The number of para-hydroxylation sites is 2. The standard InChI is InChI=1S/C20H20N6O2S/c27-20(28)25-9-3-4-14(25)12-26-16-6-2-1-5-15(16)23-19(26)24-18-8-7-17(29-18)13-10-21-22-11-13/h1-2,5-8,10-11,14H,3-4,9,12H2,(H,21,22)(H,23,24)(H,27,28)/t14-/m0/s1. The first kappa shape index (κ1) is 17.7. The van der Waals surface area contributed by atoms with Crippen LogP contribution in [0.4, 0.5) is 15.7 Å². The van der Waals surface area contributed by atoms with E-state index in [4.69, 9.17) is 4.98 Å². The minimum Gasteiger partial charge on any atom is -0.465 e. The van der Waals surface area contributed by atoms with Crippen LogP contribution in [0, 0.1) is 0 Å². The number of carbonyl (C=O) groups is 1. The van der Waals surface area contributed by atoms with Crippen LogP contribution in [-0.2, 0) is 6.54 Å². The average molecular weight is 408 g/mol. The SMILES string of the molecule is O=C(O)N1CCC[C@H]1Cn1c(Nc2ccc(-c3cn[nH]c3)s2)nc2ccccc21. The minimum atomic E-state index is -0.852. The first-order chi connectivity index (χ1) is 14.2. The van der Waals surface area contributed by atoms with Gasteiger partial charge in [-0.2, -0.15) is 5.10 Å². The predicted molar refractivity (Wildman–Crippen MR) is 113 cm³/mol. The molecule has 0 aliphatic carbocycles. The van der Waals surface area contributed by atoms with Gasteiger partial charge in [0.05, 0.1) is 28.3 Å². The lowest BCUT2D eigenvalue weighted by Gasteiger charge is -2.23. The number of thiophene rings is 1. The Balaban J connectivity index is 1.47. The molecule has 0 radical (unpaired) electrons. The van der Waals surface area contributed by atoms with E-state index < -0.39 is 6.09 Å². The molecule has 3 aromatic heterocycles. The molecule has 8 nitrogen and oxygen atoms in total. The molecule has 0 spiro atoms. The maximum absolute atomic E-state index is 11.6. The molecule has 0 bridgehead atoms. The second kappa shape index (κ2) is 7.25. The molecule has 9 heteroatoms. The number of nitrogens with one attached hydrogen (secondary N) is 2. The summed E-state index contributed by atoms with van der Waals surface area (Å²) >= 11 is 1.62. The number of aromatic amines is 1. The van der Waals surface area contributed by atoms with E-state index in [1.165, 1.54) is 0 Å². The number of aromatic nitrogens is 4. The average Bonchev–Trinajstić information content (AvgIpc) is 3.50. The fraction of sp³-hybridized carbons (Fsp3) is 0.250. The highest BCUT2D eigenvalue weighted by atomic mass is 32.1. The predicted octanol–water partition coefficient (Wildman–Crippen LogP) is 4.37. The highest BCUT2D eigenvalue weighted by molar-refractivity contribution is 7.19. The molecule has 1 aromatic carbocycles. The Bertz CT molecular complexity index is 1150. The lowest BCUT2D eigenvalue weighted by atomic mass is 10.2. The molecule has 0 unspecified atom stereocenters. The number of rotatable bonds is 5. The smallest absolute Gasteiger partial charge is 0.407 e. The van der Waals surface area contributed by atoms with Crippen LogP contribution >= 0.6 is 11.3 Å². The zero-order chi connectivity index (χ0) is 19.8. The molecule has 1 fully saturated rings. The van der Waals surface area contributed by atoms with Crippen molar-refractivity contribution < 1.29 is 9.90 Å². The van der Waals surface area contributed by atoms with Crippen LogP contribution in [0.2, 0.25) is 0 Å². The molecule has 1 aliphatic rings. The topological polar surface area (TPSA) is 99.1 Å². The molecule has 1 aliphatic heterocycles. The van der Waals surface area contributed by atoms with Gasteiger partial charge in [0.25, 0.3) is 0 Å². The van der Waals surface area contributed by atoms with Gasteiger partial charge < -0.3 is 19.9 Å². The van der Waals surface area contributed by atoms with Crippen molar-refractivity contribution in [2.75, 3.05) is 11.9 Å². The van der Waals surface area contributed by atoms with Crippen molar-refractivity contribution in [3.05, 3.63) is 48.8 Å². The van der Waals surface area contributed by atoms with E-state index in [0.29, 0.717) is 13.1 Å². The quantitative estimate of drug-likeness (QED) is 0.455. The van der Waals surface area contributed by atoms with E-state index in [1.807, 2.05) is 42.6 Å². The van der Waals surface area contributed by atoms with Crippen molar-refractivity contribution in [2.24, 2.45) is 0 Å². The third-order valence-electron chi connectivity index (χ3n) is 5.29. The largest absolute Gasteiger partial charge is 0.465 e. The van der Waals surface area contributed by atoms with E-state index in [2.05, 4.69) is 20.1 Å². The molecule has 5 rings (SSSR count). The summed E-state index contributed by atoms with van der Waals surface area (Å²) in [5.74, 6) is 0.726. The van der Waals surface area contributed by atoms with Gasteiger partial charge in [0.1, 0.15) is 0 Å². The van der Waals surface area contributed by atoms with E-state index >= 15 is 0 Å². The van der Waals surface area contributed by atoms with Gasteiger partial charge in [-0.05, 0) is 37.1 Å². The van der Waals surface area contributed by atoms with Crippen LogP contribution in [0.5, 0.6) is 0 Å². The minimum absolute atomic E-state index is 0.0458. The van der Waals surface area contributed by atoms with Crippen molar-refractivity contribution in [2.45, 2.75) is 25.4 Å². The summed E-state index contributed by atoms with van der Waals surface area (Å²) in [5.41, 5.74) is 2.93. The number of amides is 1. The van der Waals surface area contributed by atoms with Crippen molar-refractivity contribution >= 4 is 39.4 Å². The normalized spacial score (nSPS) is 16.6. The van der Waals surface area contributed by atoms with Crippen LogP contribution in [-0.4, -0.2) is 48.4 Å². The van der Waals surface area contributed by atoms with Crippen molar-refractivity contribution in [1.82, 2.24) is 24.6 Å². The summed E-state index contributed by atoms with van der Waals surface area (Å²) in [4.78, 5) is 19.0. The van der Waals surface area contributed by atoms with Gasteiger partial charge in [-0.15, -0.1) is 11.3 Å². The fourth-order valence-corrected chi connectivity index (χ4v) is 4.78. The third-order valence-corrected chi connectivity index (χ3v) is 6.34. The zero-order valence-corrected chi connectivity index (χ0v) is 16.4. The first-order valence-electron chi connectivity index (χ1n) is 9.50. The lowest BCUT2D eigenvalue weighted by molar-refractivity contribution is 0.136. The Labute approximate surface area is 170 Å². The molecular weight excluding hydrogens is 388 g/mol. The number of likely N-dealkylation sites (tertiary alicyclic amines) is 1. The number of hydrogen-bond acceptors (Lipinski definition) is 5. The Morgan fingerprint density at radius 3 is 3.03 bits per heavy atom. The van der Waals surface area contributed by atoms with Crippen LogP contribution in [0.25, 0.3) is 21.5 Å². The molecule has 1 saturated heterocycles. The van der Waals surface area contributed by atoms with E-state index in [9.17, 15) is 9.90 Å². The van der Waals surface area contributed by atoms with Gasteiger partial charge in [0.15, 0.2) is 0 Å². The number of nitrogens with zero attached hydrogens (tertiary/aromatic N) is 4. The van der Waals surface area contributed by atoms with Crippen LogP contribution in [0.15, 0.2) is 48.8 Å². The molecule has 148 valence electrons. The number of fused-ring (bicyclic) bond motifs is 1. The van der Waals surface area contributed by atoms with Gasteiger partial charge in [0.2, 0.25) is 5.95 Å². The van der Waals surface area contributed by atoms with Crippen molar-refractivity contribution in [1.29, 1.82) is 0 Å². The second-order valence-electron chi connectivity index (χ2n) is 7.08. The summed E-state index contributed by atoms with van der Waals surface area (Å²) in [6.45, 7) is 1.17. The second-order valence-corrected chi connectivity index (χ2v) is 8.17. The number of benzene rings is 1. The number of H-pyrrole nitrogens is 1. The van der Waals surface area contributed by atoms with Gasteiger partial charge in [-0.3, -0.25) is 5.10 Å². The summed E-state index contributed by atoms with van der Waals surface area (Å²) in [6, 6.07) is 12.0. The van der Waals surface area contributed by atoms with Crippen LogP contribution in [0.3, 0.4) is 0 Å². The maximum atomic E-state index is 11.6. The van der Waals surface area contributed by atoms with Crippen LogP contribution < -0.4 is 5.32 Å². The number of hydrogen-bond donors (Lipinski definition) is 3. The Kier molecular flexibility index (Phi) is 4.44. The molecule has 4 heterocycles. The van der Waals surface area contributed by atoms with Crippen molar-refractivity contribution in [3.63, 3.8) is 0 Å². The summed E-state index contributed by atoms with van der Waals surface area (Å²) < 4.78 is 2.10. The molecule has 1 amide bonds. The molecule has 4 aromatic rings. The van der Waals surface area contributed by atoms with Crippen LogP contribution in [0.1, 0.15) is 12.8 Å². The molecular formula is C20H20N6O2S. The third kappa shape index (κ3) is 3.33. The highest BCUT2D eigenvalue weighted by Gasteiger charge is 2.30. The Hall–Kier alpha value is -3.33. The summed E-state index contributed by atoms with van der Waals surface area (Å²) in [5, 5.41) is 20.8. The summed E-state index contributed by atoms with van der Waals surface area (Å²) in [6.07, 6.45) is 4.57. The maximum Gasteiger partial charge on any atom is 0.407 e. The Morgan fingerprint density at radius 1 is 1.31 bits per heavy atom. The molecule has 1 atom stereocenters. The number of anilines is 2. The van der Waals surface area contributed by atoms with E-state index in [-0.39, 0.29) is 6.04 Å². The molecule has 3 N–H and O–H groups in total. The van der Waals surface area contributed by atoms with Gasteiger partial charge >= 0.3 is 6.09 Å². The highest BCUT2D eigenvalue weighted by Crippen LogP contribution is 2.33. The van der Waals surface area contributed by atoms with E-state index in [0.717, 1.165) is 45.3 Å². The van der Waals surface area contributed by atoms with Gasteiger partial charge in [0, 0.05) is 29.7 Å². The number of carboxylic acid groups (broad SMARTS) is 1. The molecule has 29 heavy (non-hydrogen) atoms. The lowest BCUT2D eigenvalue weighted by Crippen LogP contribution is -2.37. The van der Waals surface area contributed by atoms with Gasteiger partial charge in [-0.1, -0.05) is 12.1 Å². The Morgan fingerprint density at radius 2 is 2.21 bits per heavy atom. The monoisotopic (exact) mass is 408 g/mol. The fourth-order valence-electron chi connectivity index (χ4n) is 3.90. The van der Waals surface area contributed by atoms with Crippen molar-refractivity contribution in [3.8, 4) is 10.4 Å². The zero-order valence-electron chi connectivity index (χ0n) is 15.6.